The number of halogens is 2. The van der Waals surface area contributed by atoms with Crippen molar-refractivity contribution >= 4 is 11.6 Å². The first-order valence-electron chi connectivity index (χ1n) is 5.19. The number of hydrogen-bond acceptors (Lipinski definition) is 1. The summed E-state index contributed by atoms with van der Waals surface area (Å²) in [6, 6.07) is 10.1. The summed E-state index contributed by atoms with van der Waals surface area (Å²) in [6.07, 6.45) is 0.453. The van der Waals surface area contributed by atoms with Gasteiger partial charge in [0.05, 0.1) is 18.1 Å². The second kappa shape index (κ2) is 4.95. The molecule has 1 aromatic carbocycles. The molecule has 0 amide bonds. The van der Waals surface area contributed by atoms with Crippen molar-refractivity contribution < 1.29 is 9.13 Å². The minimum atomic E-state index is -1.02. The van der Waals surface area contributed by atoms with Gasteiger partial charge in [0.1, 0.15) is 6.17 Å². The first-order valence-corrected chi connectivity index (χ1v) is 5.63. The highest BCUT2D eigenvalue weighted by Crippen LogP contribution is 2.23. The van der Waals surface area contributed by atoms with E-state index in [4.69, 9.17) is 16.3 Å². The molecule has 0 aliphatic carbocycles. The fraction of sp³-hybridized carbons (Fsp3) is 0.500. The van der Waals surface area contributed by atoms with Gasteiger partial charge in [-0.25, -0.2) is 4.39 Å². The van der Waals surface area contributed by atoms with Crippen LogP contribution >= 0.6 is 11.6 Å². The zero-order chi connectivity index (χ0) is 10.7. The van der Waals surface area contributed by atoms with E-state index in [1.165, 1.54) is 5.56 Å². The average Bonchev–Trinajstić information content (AvgIpc) is 2.25. The van der Waals surface area contributed by atoms with Crippen molar-refractivity contribution in [2.45, 2.75) is 30.5 Å². The summed E-state index contributed by atoms with van der Waals surface area (Å²) in [4.78, 5) is 0. The van der Waals surface area contributed by atoms with Crippen LogP contribution in [0, 0.1) is 0 Å². The van der Waals surface area contributed by atoms with E-state index in [2.05, 4.69) is 0 Å². The van der Waals surface area contributed by atoms with Gasteiger partial charge in [0.25, 0.3) is 0 Å². The van der Waals surface area contributed by atoms with Crippen molar-refractivity contribution in [1.82, 2.24) is 0 Å². The zero-order valence-electron chi connectivity index (χ0n) is 8.40. The van der Waals surface area contributed by atoms with Gasteiger partial charge in [-0.05, 0) is 18.4 Å². The van der Waals surface area contributed by atoms with Crippen molar-refractivity contribution in [3.05, 3.63) is 35.9 Å². The predicted octanol–water partition coefficient (Wildman–Crippen LogP) is 2.96. The first kappa shape index (κ1) is 10.9. The number of rotatable bonds is 2. The summed E-state index contributed by atoms with van der Waals surface area (Å²) in [5, 5.41) is -0.396. The Labute approximate surface area is 94.2 Å². The average molecular weight is 229 g/mol. The minimum Gasteiger partial charge on any atom is -0.375 e. The van der Waals surface area contributed by atoms with Crippen LogP contribution < -0.4 is 0 Å². The lowest BCUT2D eigenvalue weighted by Gasteiger charge is -2.28. The van der Waals surface area contributed by atoms with E-state index in [9.17, 15) is 4.39 Å². The molecule has 1 aliphatic rings. The maximum Gasteiger partial charge on any atom is 0.140 e. The second-order valence-corrected chi connectivity index (χ2v) is 4.47. The third kappa shape index (κ3) is 2.93. The minimum absolute atomic E-state index is 0.0573. The lowest BCUT2D eigenvalue weighted by molar-refractivity contribution is -0.0232. The molecule has 3 atom stereocenters. The molecule has 15 heavy (non-hydrogen) atoms. The smallest absolute Gasteiger partial charge is 0.140 e. The summed E-state index contributed by atoms with van der Waals surface area (Å²) in [7, 11) is 0. The molecular weight excluding hydrogens is 215 g/mol. The van der Waals surface area contributed by atoms with E-state index in [0.29, 0.717) is 6.42 Å². The fourth-order valence-electron chi connectivity index (χ4n) is 1.82. The Hall–Kier alpha value is -0.600. The monoisotopic (exact) mass is 228 g/mol. The third-order valence-electron chi connectivity index (χ3n) is 2.68. The largest absolute Gasteiger partial charge is 0.375 e. The highest BCUT2D eigenvalue weighted by Gasteiger charge is 2.29. The van der Waals surface area contributed by atoms with Crippen LogP contribution in [0.1, 0.15) is 12.0 Å². The normalized spacial score (nSPS) is 31.5. The van der Waals surface area contributed by atoms with Crippen LogP contribution in [0.25, 0.3) is 0 Å². The van der Waals surface area contributed by atoms with Crippen LogP contribution in [0.4, 0.5) is 4.39 Å². The quantitative estimate of drug-likeness (QED) is 0.708. The van der Waals surface area contributed by atoms with Gasteiger partial charge in [0.2, 0.25) is 0 Å². The molecule has 3 heteroatoms. The molecule has 0 radical (unpaired) electrons. The van der Waals surface area contributed by atoms with Gasteiger partial charge in [0.15, 0.2) is 0 Å². The first-order chi connectivity index (χ1) is 7.25. The SMILES string of the molecule is F[C@@H]1CO[C@H](Cc2ccccc2)C[C@@H]1Cl. The Morgan fingerprint density at radius 3 is 2.73 bits per heavy atom. The molecule has 1 nitrogen and oxygen atoms in total. The number of ether oxygens (including phenoxy) is 1. The maximum atomic E-state index is 13.0. The maximum absolute atomic E-state index is 13.0. The van der Waals surface area contributed by atoms with Gasteiger partial charge >= 0.3 is 0 Å². The summed E-state index contributed by atoms with van der Waals surface area (Å²) in [5.74, 6) is 0. The molecule has 2 rings (SSSR count). The van der Waals surface area contributed by atoms with Crippen LogP contribution in [0.15, 0.2) is 30.3 Å². The highest BCUT2D eigenvalue weighted by molar-refractivity contribution is 6.21. The Morgan fingerprint density at radius 2 is 2.07 bits per heavy atom. The molecular formula is C12H14ClFO. The van der Waals surface area contributed by atoms with Crippen LogP contribution in [0.3, 0.4) is 0 Å². The molecule has 0 saturated carbocycles. The molecule has 1 heterocycles. The van der Waals surface area contributed by atoms with Gasteiger partial charge in [-0.3, -0.25) is 0 Å². The topological polar surface area (TPSA) is 9.23 Å². The molecule has 1 saturated heterocycles. The zero-order valence-corrected chi connectivity index (χ0v) is 9.16. The number of alkyl halides is 2. The van der Waals surface area contributed by atoms with E-state index in [1.807, 2.05) is 30.3 Å². The summed E-state index contributed by atoms with van der Waals surface area (Å²) >= 11 is 5.87. The highest BCUT2D eigenvalue weighted by atomic mass is 35.5. The summed E-state index contributed by atoms with van der Waals surface area (Å²) in [6.45, 7) is 0.131. The van der Waals surface area contributed by atoms with Gasteiger partial charge in [-0.15, -0.1) is 11.6 Å². The Balaban J connectivity index is 1.91. The van der Waals surface area contributed by atoms with Gasteiger partial charge < -0.3 is 4.74 Å². The van der Waals surface area contributed by atoms with E-state index in [-0.39, 0.29) is 12.7 Å². The molecule has 1 fully saturated rings. The Morgan fingerprint density at radius 1 is 1.33 bits per heavy atom. The fourth-order valence-corrected chi connectivity index (χ4v) is 2.09. The van der Waals surface area contributed by atoms with Crippen molar-refractivity contribution in [1.29, 1.82) is 0 Å². The molecule has 1 aromatic rings. The molecule has 0 bridgehead atoms. The van der Waals surface area contributed by atoms with E-state index < -0.39 is 11.5 Å². The van der Waals surface area contributed by atoms with E-state index in [0.717, 1.165) is 6.42 Å². The van der Waals surface area contributed by atoms with E-state index in [1.54, 1.807) is 0 Å². The second-order valence-electron chi connectivity index (χ2n) is 3.91. The van der Waals surface area contributed by atoms with Crippen LogP contribution in [0.5, 0.6) is 0 Å². The lowest BCUT2D eigenvalue weighted by Crippen LogP contribution is -2.36. The van der Waals surface area contributed by atoms with Crippen molar-refractivity contribution in [2.24, 2.45) is 0 Å². The van der Waals surface area contributed by atoms with Gasteiger partial charge in [0, 0.05) is 0 Å². The van der Waals surface area contributed by atoms with Crippen LogP contribution in [-0.2, 0) is 11.2 Å². The Kier molecular flexibility index (Phi) is 3.60. The van der Waals surface area contributed by atoms with Crippen LogP contribution in [-0.4, -0.2) is 24.3 Å². The molecule has 0 N–H and O–H groups in total. The van der Waals surface area contributed by atoms with Gasteiger partial charge in [-0.1, -0.05) is 30.3 Å². The van der Waals surface area contributed by atoms with Crippen LogP contribution in [0.2, 0.25) is 0 Å². The number of hydrogen-bond donors (Lipinski definition) is 0. The van der Waals surface area contributed by atoms with E-state index >= 15 is 0 Å². The molecule has 0 aromatic heterocycles. The third-order valence-corrected chi connectivity index (χ3v) is 3.13. The van der Waals surface area contributed by atoms with Crippen molar-refractivity contribution in [2.75, 3.05) is 6.61 Å². The van der Waals surface area contributed by atoms with Gasteiger partial charge in [-0.2, -0.15) is 0 Å². The Bertz CT molecular complexity index is 304. The van der Waals surface area contributed by atoms with Crippen molar-refractivity contribution in [3.8, 4) is 0 Å². The predicted molar refractivity (Wildman–Crippen MR) is 59.0 cm³/mol. The summed E-state index contributed by atoms with van der Waals surface area (Å²) in [5.41, 5.74) is 1.21. The molecule has 82 valence electrons. The standard InChI is InChI=1S/C12H14ClFO/c13-11-7-10(15-8-12(11)14)6-9-4-2-1-3-5-9/h1-5,10-12H,6-8H2/t10-,11+,12-/m1/s1. The molecule has 0 spiro atoms. The lowest BCUT2D eigenvalue weighted by atomic mass is 10.0. The summed E-state index contributed by atoms with van der Waals surface area (Å²) < 4.78 is 18.4. The van der Waals surface area contributed by atoms with Crippen molar-refractivity contribution in [3.63, 3.8) is 0 Å². The molecule has 0 unspecified atom stereocenters. The number of benzene rings is 1. The molecule has 1 aliphatic heterocycles.